The fourth-order valence-electron chi connectivity index (χ4n) is 2.33. The van der Waals surface area contributed by atoms with Crippen molar-refractivity contribution in [3.05, 3.63) is 65.5 Å². The summed E-state index contributed by atoms with van der Waals surface area (Å²) in [5.74, 6) is 0.748. The lowest BCUT2D eigenvalue weighted by molar-refractivity contribution is 0.0818. The lowest BCUT2D eigenvalue weighted by atomic mass is 10.1. The van der Waals surface area contributed by atoms with Crippen LogP contribution in [0, 0.1) is 5.82 Å². The van der Waals surface area contributed by atoms with Crippen LogP contribution in [-0.2, 0) is 13.0 Å². The molecule has 2 aromatic carbocycles. The van der Waals surface area contributed by atoms with Crippen molar-refractivity contribution >= 4 is 5.96 Å². The number of hydrogen-bond acceptors (Lipinski definition) is 2. The highest BCUT2D eigenvalue weighted by molar-refractivity contribution is 5.79. The molecule has 0 saturated heterocycles. The van der Waals surface area contributed by atoms with Gasteiger partial charge in [-0.05, 0) is 41.8 Å². The Labute approximate surface area is 151 Å². The maximum Gasteiger partial charge on any atom is 0.272 e. The molecular weight excluding hydrogens is 343 g/mol. The number of guanidine groups is 1. The van der Waals surface area contributed by atoms with Crippen LogP contribution in [0.15, 0.2) is 53.5 Å². The first-order chi connectivity index (χ1) is 12.6. The first-order valence-electron chi connectivity index (χ1n) is 8.25. The molecule has 0 amide bonds. The van der Waals surface area contributed by atoms with E-state index in [0.29, 0.717) is 31.2 Å². The Morgan fingerprint density at radius 2 is 1.85 bits per heavy atom. The minimum atomic E-state index is -2.50. The van der Waals surface area contributed by atoms with E-state index in [0.717, 1.165) is 11.1 Å². The molecule has 0 radical (unpaired) electrons. The van der Waals surface area contributed by atoms with Crippen molar-refractivity contribution < 1.29 is 17.9 Å². The van der Waals surface area contributed by atoms with Gasteiger partial charge in [0.15, 0.2) is 5.96 Å². The highest BCUT2D eigenvalue weighted by atomic mass is 19.3. The number of aliphatic imine (C=N–C) groups is 1. The van der Waals surface area contributed by atoms with Crippen molar-refractivity contribution in [1.82, 2.24) is 10.6 Å². The predicted molar refractivity (Wildman–Crippen MR) is 96.2 cm³/mol. The molecule has 0 aromatic heterocycles. The molecular formula is C19H22F3N3O. The zero-order valence-electron chi connectivity index (χ0n) is 14.5. The second kappa shape index (κ2) is 10.3. The van der Waals surface area contributed by atoms with Crippen LogP contribution in [0.4, 0.5) is 13.2 Å². The fourth-order valence-corrected chi connectivity index (χ4v) is 2.33. The molecule has 26 heavy (non-hydrogen) atoms. The SMILES string of the molecule is CN=C(NCCc1cccc(F)c1)NCc1cccc(OCC(F)F)c1. The number of hydrogen-bond donors (Lipinski definition) is 2. The topological polar surface area (TPSA) is 45.7 Å². The van der Waals surface area contributed by atoms with E-state index in [9.17, 15) is 13.2 Å². The average Bonchev–Trinajstić information content (AvgIpc) is 2.63. The van der Waals surface area contributed by atoms with Crippen LogP contribution in [0.2, 0.25) is 0 Å². The summed E-state index contributed by atoms with van der Waals surface area (Å²) in [6, 6.07) is 13.4. The van der Waals surface area contributed by atoms with Gasteiger partial charge >= 0.3 is 0 Å². The Kier molecular flexibility index (Phi) is 7.79. The first-order valence-corrected chi connectivity index (χ1v) is 8.25. The number of nitrogens with zero attached hydrogens (tertiary/aromatic N) is 1. The van der Waals surface area contributed by atoms with E-state index in [1.165, 1.54) is 12.1 Å². The van der Waals surface area contributed by atoms with Crippen molar-refractivity contribution in [2.45, 2.75) is 19.4 Å². The largest absolute Gasteiger partial charge is 0.488 e. The molecule has 2 rings (SSSR count). The molecule has 0 aliphatic heterocycles. The van der Waals surface area contributed by atoms with Gasteiger partial charge in [-0.25, -0.2) is 13.2 Å². The van der Waals surface area contributed by atoms with E-state index in [1.54, 1.807) is 31.3 Å². The second-order valence-corrected chi connectivity index (χ2v) is 5.58. The quantitative estimate of drug-likeness (QED) is 0.557. The summed E-state index contributed by atoms with van der Waals surface area (Å²) in [5, 5.41) is 6.28. The van der Waals surface area contributed by atoms with Gasteiger partial charge in [-0.2, -0.15) is 0 Å². The van der Waals surface area contributed by atoms with Gasteiger partial charge in [0.05, 0.1) is 0 Å². The van der Waals surface area contributed by atoms with E-state index < -0.39 is 13.0 Å². The second-order valence-electron chi connectivity index (χ2n) is 5.58. The summed E-state index contributed by atoms with van der Waals surface area (Å²) in [5.41, 5.74) is 1.78. The van der Waals surface area contributed by atoms with E-state index >= 15 is 0 Å². The van der Waals surface area contributed by atoms with Crippen molar-refractivity contribution in [1.29, 1.82) is 0 Å². The number of nitrogens with one attached hydrogen (secondary N) is 2. The third kappa shape index (κ3) is 7.04. The normalized spacial score (nSPS) is 11.5. The van der Waals surface area contributed by atoms with Gasteiger partial charge in [-0.3, -0.25) is 4.99 Å². The lowest BCUT2D eigenvalue weighted by Crippen LogP contribution is -2.37. The predicted octanol–water partition coefficient (Wildman–Crippen LogP) is 3.38. The third-order valence-electron chi connectivity index (χ3n) is 3.55. The maximum atomic E-state index is 13.2. The lowest BCUT2D eigenvalue weighted by Gasteiger charge is -2.13. The van der Waals surface area contributed by atoms with Gasteiger partial charge in [0.2, 0.25) is 0 Å². The molecule has 7 heteroatoms. The van der Waals surface area contributed by atoms with Crippen molar-refractivity contribution in [2.75, 3.05) is 20.2 Å². The summed E-state index contributed by atoms with van der Waals surface area (Å²) in [6.07, 6.45) is -1.84. The monoisotopic (exact) mass is 365 g/mol. The first kappa shape index (κ1) is 19.6. The fraction of sp³-hybridized carbons (Fsp3) is 0.316. The van der Waals surface area contributed by atoms with Gasteiger partial charge in [-0.1, -0.05) is 24.3 Å². The van der Waals surface area contributed by atoms with Crippen molar-refractivity contribution in [2.24, 2.45) is 4.99 Å². The van der Waals surface area contributed by atoms with Gasteiger partial charge in [0.25, 0.3) is 6.43 Å². The van der Waals surface area contributed by atoms with Crippen LogP contribution in [0.25, 0.3) is 0 Å². The molecule has 140 valence electrons. The highest BCUT2D eigenvalue weighted by Crippen LogP contribution is 2.14. The van der Waals surface area contributed by atoms with E-state index in [-0.39, 0.29) is 5.82 Å². The molecule has 0 aliphatic carbocycles. The Morgan fingerprint density at radius 3 is 2.58 bits per heavy atom. The molecule has 2 aromatic rings. The minimum Gasteiger partial charge on any atom is -0.488 e. The van der Waals surface area contributed by atoms with E-state index in [4.69, 9.17) is 4.74 Å². The standard InChI is InChI=1S/C19H22F3N3O/c1-23-19(24-9-8-14-4-2-6-16(20)10-14)25-12-15-5-3-7-17(11-15)26-13-18(21)22/h2-7,10-11,18H,8-9,12-13H2,1H3,(H2,23,24,25). The molecule has 0 fully saturated rings. The Hall–Kier alpha value is -2.70. The van der Waals surface area contributed by atoms with Gasteiger partial charge in [0, 0.05) is 20.1 Å². The van der Waals surface area contributed by atoms with E-state index in [2.05, 4.69) is 15.6 Å². The number of halogens is 3. The van der Waals surface area contributed by atoms with Crippen molar-refractivity contribution in [3.63, 3.8) is 0 Å². The third-order valence-corrected chi connectivity index (χ3v) is 3.55. The van der Waals surface area contributed by atoms with Crippen LogP contribution in [0.1, 0.15) is 11.1 Å². The summed E-state index contributed by atoms with van der Waals surface area (Å²) >= 11 is 0. The molecule has 0 spiro atoms. The molecule has 4 nitrogen and oxygen atoms in total. The van der Waals surface area contributed by atoms with Gasteiger partial charge in [-0.15, -0.1) is 0 Å². The molecule has 0 unspecified atom stereocenters. The number of benzene rings is 2. The van der Waals surface area contributed by atoms with Crippen LogP contribution in [0.3, 0.4) is 0 Å². The number of rotatable bonds is 8. The maximum absolute atomic E-state index is 13.2. The Morgan fingerprint density at radius 1 is 1.08 bits per heavy atom. The molecule has 0 bridgehead atoms. The number of ether oxygens (including phenoxy) is 1. The van der Waals surface area contributed by atoms with Crippen molar-refractivity contribution in [3.8, 4) is 5.75 Å². The Balaban J connectivity index is 1.78. The Bertz CT molecular complexity index is 723. The minimum absolute atomic E-state index is 0.251. The summed E-state index contributed by atoms with van der Waals surface area (Å²) in [4.78, 5) is 4.12. The molecule has 2 N–H and O–H groups in total. The zero-order chi connectivity index (χ0) is 18.8. The average molecular weight is 365 g/mol. The highest BCUT2D eigenvalue weighted by Gasteiger charge is 2.05. The van der Waals surface area contributed by atoms with Crippen LogP contribution >= 0.6 is 0 Å². The van der Waals surface area contributed by atoms with Crippen LogP contribution in [0.5, 0.6) is 5.75 Å². The van der Waals surface area contributed by atoms with E-state index in [1.807, 2.05) is 12.1 Å². The zero-order valence-corrected chi connectivity index (χ0v) is 14.5. The van der Waals surface area contributed by atoms with Crippen LogP contribution in [-0.4, -0.2) is 32.6 Å². The number of alkyl halides is 2. The summed E-state index contributed by atoms with van der Waals surface area (Å²) < 4.78 is 42.6. The van der Waals surface area contributed by atoms with Gasteiger partial charge < -0.3 is 15.4 Å². The van der Waals surface area contributed by atoms with Gasteiger partial charge in [0.1, 0.15) is 18.2 Å². The summed E-state index contributed by atoms with van der Waals surface area (Å²) in [7, 11) is 1.65. The van der Waals surface area contributed by atoms with Crippen LogP contribution < -0.4 is 15.4 Å². The molecule has 0 atom stereocenters. The molecule has 0 heterocycles. The molecule has 0 saturated carbocycles. The summed E-state index contributed by atoms with van der Waals surface area (Å²) in [6.45, 7) is 0.437. The smallest absolute Gasteiger partial charge is 0.272 e. The molecule has 0 aliphatic rings.